The molecule has 3 heterocycles. The van der Waals surface area contributed by atoms with Crippen molar-refractivity contribution >= 4 is 28.4 Å². The van der Waals surface area contributed by atoms with Crippen molar-refractivity contribution in [2.75, 3.05) is 5.75 Å². The minimum atomic E-state index is 0.0393. The largest absolute Gasteiger partial charge is 0.467 e. The van der Waals surface area contributed by atoms with E-state index in [1.54, 1.807) is 6.26 Å². The molecule has 0 saturated heterocycles. The molecule has 0 radical (unpaired) electrons. The molecule has 0 bridgehead atoms. The number of para-hydroxylation sites is 1. The Morgan fingerprint density at radius 3 is 2.87 bits per heavy atom. The average Bonchev–Trinajstić information content (AvgIpc) is 3.20. The van der Waals surface area contributed by atoms with E-state index >= 15 is 0 Å². The van der Waals surface area contributed by atoms with Gasteiger partial charge < -0.3 is 8.98 Å². The lowest BCUT2D eigenvalue weighted by Gasteiger charge is -2.08. The highest BCUT2D eigenvalue weighted by atomic mass is 32.2. The molecule has 1 aliphatic rings. The number of furan rings is 1. The molecule has 1 aromatic carbocycles. The summed E-state index contributed by atoms with van der Waals surface area (Å²) in [5.41, 5.74) is 1.66. The second-order valence-electron chi connectivity index (χ2n) is 7.65. The Kier molecular flexibility index (Phi) is 5.35. The van der Waals surface area contributed by atoms with Crippen LogP contribution in [0.4, 0.5) is 0 Å². The second-order valence-corrected chi connectivity index (χ2v) is 8.60. The number of hydrogen-bond donors (Lipinski definition) is 0. The summed E-state index contributed by atoms with van der Waals surface area (Å²) in [6.07, 6.45) is 6.19. The molecule has 31 heavy (non-hydrogen) atoms. The van der Waals surface area contributed by atoms with Crippen LogP contribution >= 0.6 is 11.8 Å². The molecule has 4 aromatic rings. The minimum absolute atomic E-state index is 0.0393. The summed E-state index contributed by atoms with van der Waals surface area (Å²) in [6.45, 7) is 1.13. The van der Waals surface area contributed by atoms with Gasteiger partial charge in [0.25, 0.3) is 0 Å². The number of ketones is 1. The van der Waals surface area contributed by atoms with Gasteiger partial charge in [0.1, 0.15) is 11.6 Å². The van der Waals surface area contributed by atoms with Crippen LogP contribution in [0, 0.1) is 11.3 Å². The number of benzene rings is 1. The van der Waals surface area contributed by atoms with E-state index in [1.165, 1.54) is 11.8 Å². The molecule has 156 valence electrons. The van der Waals surface area contributed by atoms with Crippen LogP contribution < -0.4 is 0 Å². The maximum atomic E-state index is 13.1. The van der Waals surface area contributed by atoms with Gasteiger partial charge in [0.2, 0.25) is 0 Å². The Morgan fingerprint density at radius 2 is 2.10 bits per heavy atom. The van der Waals surface area contributed by atoms with Gasteiger partial charge in [-0.2, -0.15) is 5.26 Å². The third-order valence-electron chi connectivity index (χ3n) is 5.47. The number of hydrogen-bond acceptors (Lipinski definition) is 6. The van der Waals surface area contributed by atoms with Gasteiger partial charge in [-0.05, 0) is 31.0 Å². The van der Waals surface area contributed by atoms with Crippen molar-refractivity contribution in [3.63, 3.8) is 0 Å². The monoisotopic (exact) mass is 431 g/mol. The Morgan fingerprint density at radius 1 is 1.23 bits per heavy atom. The summed E-state index contributed by atoms with van der Waals surface area (Å²) in [4.78, 5) is 13.1. The first-order valence-electron chi connectivity index (χ1n) is 10.3. The summed E-state index contributed by atoms with van der Waals surface area (Å²) in [7, 11) is 0. The van der Waals surface area contributed by atoms with Gasteiger partial charge in [-0.25, -0.2) is 0 Å². The summed E-state index contributed by atoms with van der Waals surface area (Å²) in [5, 5.41) is 19.4. The maximum Gasteiger partial charge on any atom is 0.192 e. The van der Waals surface area contributed by atoms with Crippen LogP contribution in [-0.2, 0) is 13.1 Å². The highest BCUT2D eigenvalue weighted by Gasteiger charge is 2.31. The molecule has 0 unspecified atom stereocenters. The number of carbonyl (C=O) groups excluding carboxylic acids is 1. The van der Waals surface area contributed by atoms with Crippen molar-refractivity contribution in [1.29, 1.82) is 5.26 Å². The molecule has 0 amide bonds. The number of carbonyl (C=O) groups is 1. The standard InChI is InChI=1S/C23H21N5O2S/c24-10-4-11-27-14-19(18-6-1-2-7-20(18)27)21(29)15-31-23-26-25-22(16-8-9-16)28(23)13-17-5-3-12-30-17/h1-3,5-7,12,14,16H,4,8-9,11,13,15H2. The normalized spacial score (nSPS) is 13.5. The Balaban J connectivity index is 1.37. The van der Waals surface area contributed by atoms with Crippen LogP contribution in [0.5, 0.6) is 0 Å². The Labute approximate surface area is 183 Å². The van der Waals surface area contributed by atoms with Crippen molar-refractivity contribution in [3.8, 4) is 6.07 Å². The van der Waals surface area contributed by atoms with Crippen LogP contribution in [-0.4, -0.2) is 30.9 Å². The summed E-state index contributed by atoms with van der Waals surface area (Å²) in [5.74, 6) is 2.57. The lowest BCUT2D eigenvalue weighted by molar-refractivity contribution is 0.102. The molecule has 0 spiro atoms. The fourth-order valence-corrected chi connectivity index (χ4v) is 4.62. The average molecular weight is 432 g/mol. The predicted octanol–water partition coefficient (Wildman–Crippen LogP) is 4.64. The van der Waals surface area contributed by atoms with Crippen molar-refractivity contribution in [3.05, 3.63) is 66.0 Å². The molecular formula is C23H21N5O2S. The van der Waals surface area contributed by atoms with Crippen molar-refractivity contribution in [1.82, 2.24) is 19.3 Å². The molecule has 8 heteroatoms. The van der Waals surface area contributed by atoms with Crippen molar-refractivity contribution in [2.45, 2.75) is 43.4 Å². The molecule has 7 nitrogen and oxygen atoms in total. The molecule has 0 aliphatic heterocycles. The molecule has 0 N–H and O–H groups in total. The van der Waals surface area contributed by atoms with Crippen LogP contribution in [0.25, 0.3) is 10.9 Å². The molecular weight excluding hydrogens is 410 g/mol. The van der Waals surface area contributed by atoms with Gasteiger partial charge in [-0.3, -0.25) is 9.36 Å². The third kappa shape index (κ3) is 4.01. The molecule has 5 rings (SSSR count). The van der Waals surface area contributed by atoms with E-state index in [4.69, 9.17) is 9.68 Å². The van der Waals surface area contributed by atoms with Gasteiger partial charge in [0.15, 0.2) is 10.9 Å². The topological polar surface area (TPSA) is 89.6 Å². The van der Waals surface area contributed by atoms with Crippen LogP contribution in [0.3, 0.4) is 0 Å². The number of nitrogens with zero attached hydrogens (tertiary/aromatic N) is 5. The maximum absolute atomic E-state index is 13.1. The van der Waals surface area contributed by atoms with Gasteiger partial charge >= 0.3 is 0 Å². The quantitative estimate of drug-likeness (QED) is 0.283. The van der Waals surface area contributed by atoms with Crippen molar-refractivity contribution < 1.29 is 9.21 Å². The lowest BCUT2D eigenvalue weighted by atomic mass is 10.1. The smallest absolute Gasteiger partial charge is 0.192 e. The highest BCUT2D eigenvalue weighted by Crippen LogP contribution is 2.40. The lowest BCUT2D eigenvalue weighted by Crippen LogP contribution is -2.07. The summed E-state index contributed by atoms with van der Waals surface area (Å²) in [6, 6.07) is 13.8. The molecule has 1 aliphatic carbocycles. The highest BCUT2D eigenvalue weighted by molar-refractivity contribution is 7.99. The number of fused-ring (bicyclic) bond motifs is 1. The minimum Gasteiger partial charge on any atom is -0.467 e. The zero-order valence-corrected chi connectivity index (χ0v) is 17.7. The van der Waals surface area contributed by atoms with E-state index in [9.17, 15) is 4.79 Å². The summed E-state index contributed by atoms with van der Waals surface area (Å²) < 4.78 is 9.58. The Bertz CT molecular complexity index is 1260. The zero-order chi connectivity index (χ0) is 21.2. The van der Waals surface area contributed by atoms with Gasteiger partial charge in [0.05, 0.1) is 31.1 Å². The van der Waals surface area contributed by atoms with E-state index in [-0.39, 0.29) is 11.5 Å². The van der Waals surface area contributed by atoms with E-state index in [0.717, 1.165) is 40.5 Å². The predicted molar refractivity (Wildman–Crippen MR) is 117 cm³/mol. The number of rotatable bonds is 9. The number of thioether (sulfide) groups is 1. The fourth-order valence-electron chi connectivity index (χ4n) is 3.79. The molecule has 3 aromatic heterocycles. The van der Waals surface area contributed by atoms with Crippen LogP contribution in [0.2, 0.25) is 0 Å². The summed E-state index contributed by atoms with van der Waals surface area (Å²) >= 11 is 1.41. The van der Waals surface area contributed by atoms with E-state index < -0.39 is 0 Å². The van der Waals surface area contributed by atoms with E-state index in [2.05, 4.69) is 20.8 Å². The van der Waals surface area contributed by atoms with Crippen LogP contribution in [0.15, 0.2) is 58.4 Å². The number of aromatic nitrogens is 4. The van der Waals surface area contributed by atoms with Gasteiger partial charge in [-0.1, -0.05) is 30.0 Å². The SMILES string of the molecule is N#CCCn1cc(C(=O)CSc2nnc(C3CC3)n2Cc2ccco2)c2ccccc21. The molecule has 1 fully saturated rings. The first-order chi connectivity index (χ1) is 15.2. The zero-order valence-electron chi connectivity index (χ0n) is 16.9. The number of nitriles is 1. The fraction of sp³-hybridized carbons (Fsp3) is 0.304. The second kappa shape index (κ2) is 8.44. The van der Waals surface area contributed by atoms with E-state index in [0.29, 0.717) is 31.0 Å². The molecule has 0 atom stereocenters. The Hall–Kier alpha value is -3.31. The van der Waals surface area contributed by atoms with Gasteiger partial charge in [0, 0.05) is 35.1 Å². The van der Waals surface area contributed by atoms with Crippen molar-refractivity contribution in [2.24, 2.45) is 0 Å². The number of Topliss-reactive ketones (excluding diaryl/α,β-unsaturated/α-hetero) is 1. The van der Waals surface area contributed by atoms with Gasteiger partial charge in [-0.15, -0.1) is 10.2 Å². The van der Waals surface area contributed by atoms with Crippen LogP contribution in [0.1, 0.15) is 47.1 Å². The molecule has 1 saturated carbocycles. The first kappa shape index (κ1) is 19.6. The van der Waals surface area contributed by atoms with E-state index in [1.807, 2.05) is 47.2 Å². The first-order valence-corrected chi connectivity index (χ1v) is 11.3. The number of aryl methyl sites for hydroxylation is 1. The third-order valence-corrected chi connectivity index (χ3v) is 6.43.